The molecule has 23 heavy (non-hydrogen) atoms. The van der Waals surface area contributed by atoms with Gasteiger partial charge in [0.2, 0.25) is 5.91 Å². The van der Waals surface area contributed by atoms with E-state index in [2.05, 4.69) is 10.6 Å². The summed E-state index contributed by atoms with van der Waals surface area (Å²) in [5.74, 6) is 0.768. The van der Waals surface area contributed by atoms with Crippen molar-refractivity contribution >= 4 is 17.5 Å². The summed E-state index contributed by atoms with van der Waals surface area (Å²) >= 11 is 5.91. The number of amides is 1. The van der Waals surface area contributed by atoms with Crippen molar-refractivity contribution in [3.05, 3.63) is 34.9 Å². The van der Waals surface area contributed by atoms with Crippen LogP contribution < -0.4 is 10.6 Å². The Morgan fingerprint density at radius 3 is 2.78 bits per heavy atom. The van der Waals surface area contributed by atoms with Crippen molar-refractivity contribution < 1.29 is 9.53 Å². The molecule has 1 heterocycles. The monoisotopic (exact) mass is 336 g/mol. The summed E-state index contributed by atoms with van der Waals surface area (Å²) in [5.41, 5.74) is 1.02. The van der Waals surface area contributed by atoms with Gasteiger partial charge in [-0.3, -0.25) is 4.79 Å². The van der Waals surface area contributed by atoms with E-state index in [1.807, 2.05) is 24.3 Å². The van der Waals surface area contributed by atoms with Gasteiger partial charge >= 0.3 is 0 Å². The molecule has 0 aromatic heterocycles. The fraction of sp³-hybridized carbons (Fsp3) is 0.611. The summed E-state index contributed by atoms with van der Waals surface area (Å²) in [4.78, 5) is 12.4. The van der Waals surface area contributed by atoms with E-state index in [0.717, 1.165) is 12.0 Å². The lowest BCUT2D eigenvalue weighted by Crippen LogP contribution is -2.44. The molecule has 3 rings (SSSR count). The number of methoxy groups -OCH3 is 1. The molecule has 4 unspecified atom stereocenters. The molecule has 1 saturated heterocycles. The zero-order valence-corrected chi connectivity index (χ0v) is 14.3. The molecule has 5 heteroatoms. The summed E-state index contributed by atoms with van der Waals surface area (Å²) in [6.45, 7) is 0.477. The van der Waals surface area contributed by atoms with Gasteiger partial charge in [0.05, 0.1) is 12.1 Å². The van der Waals surface area contributed by atoms with E-state index in [0.29, 0.717) is 23.5 Å². The predicted molar refractivity (Wildman–Crippen MR) is 91.5 cm³/mol. The van der Waals surface area contributed by atoms with Crippen LogP contribution in [0.15, 0.2) is 24.3 Å². The largest absolute Gasteiger partial charge is 0.375 e. The van der Waals surface area contributed by atoms with Crippen LogP contribution in [0.1, 0.15) is 43.8 Å². The van der Waals surface area contributed by atoms with Gasteiger partial charge in [0, 0.05) is 24.7 Å². The molecule has 1 aromatic rings. The Morgan fingerprint density at radius 1 is 1.35 bits per heavy atom. The molecular formula is C18H25ClN2O2. The minimum Gasteiger partial charge on any atom is -0.375 e. The van der Waals surface area contributed by atoms with Gasteiger partial charge in [0.25, 0.3) is 0 Å². The first-order valence-electron chi connectivity index (χ1n) is 8.49. The third kappa shape index (κ3) is 4.06. The minimum atomic E-state index is -0.153. The number of carbonyl (C=O) groups is 1. The van der Waals surface area contributed by atoms with Crippen LogP contribution in [0.5, 0.6) is 0 Å². The fourth-order valence-electron chi connectivity index (χ4n) is 3.85. The number of hydrogen-bond donors (Lipinski definition) is 2. The number of ether oxygens (including phenoxy) is 1. The number of halogens is 1. The average Bonchev–Trinajstić information content (AvgIpc) is 3.01. The molecule has 0 bridgehead atoms. The Kier molecular flexibility index (Phi) is 5.57. The number of hydrogen-bond acceptors (Lipinski definition) is 3. The summed E-state index contributed by atoms with van der Waals surface area (Å²) in [5, 5.41) is 7.25. The highest BCUT2D eigenvalue weighted by atomic mass is 35.5. The van der Waals surface area contributed by atoms with E-state index in [4.69, 9.17) is 16.3 Å². The smallest absolute Gasteiger partial charge is 0.237 e. The van der Waals surface area contributed by atoms with Gasteiger partial charge in [-0.25, -0.2) is 0 Å². The third-order valence-electron chi connectivity index (χ3n) is 5.17. The zero-order valence-electron chi connectivity index (χ0n) is 13.6. The average molecular weight is 337 g/mol. The van der Waals surface area contributed by atoms with Crippen LogP contribution in [0.3, 0.4) is 0 Å². The van der Waals surface area contributed by atoms with Crippen molar-refractivity contribution in [2.24, 2.45) is 5.92 Å². The first kappa shape index (κ1) is 16.7. The standard InChI is InChI=1S/C18H25ClN2O2/c1-23-17(12-6-8-14(19)9-7-12)11-20-18(22)16-10-13-4-2-3-5-15(13)21-16/h6-9,13,15-17,21H,2-5,10-11H2,1H3,(H,20,22). The van der Waals surface area contributed by atoms with Crippen molar-refractivity contribution in [3.8, 4) is 0 Å². The molecule has 0 radical (unpaired) electrons. The van der Waals surface area contributed by atoms with Crippen LogP contribution in [0, 0.1) is 5.92 Å². The lowest BCUT2D eigenvalue weighted by atomic mass is 9.85. The molecule has 2 N–H and O–H groups in total. The van der Waals surface area contributed by atoms with E-state index >= 15 is 0 Å². The van der Waals surface area contributed by atoms with E-state index < -0.39 is 0 Å². The second kappa shape index (κ2) is 7.65. The maximum Gasteiger partial charge on any atom is 0.237 e. The van der Waals surface area contributed by atoms with Crippen LogP contribution in [-0.2, 0) is 9.53 Å². The molecule has 4 nitrogen and oxygen atoms in total. The Hall–Kier alpha value is -1.10. The van der Waals surface area contributed by atoms with Crippen LogP contribution in [-0.4, -0.2) is 31.6 Å². The number of fused-ring (bicyclic) bond motifs is 1. The molecule has 2 aliphatic rings. The van der Waals surface area contributed by atoms with Crippen molar-refractivity contribution in [1.82, 2.24) is 10.6 Å². The molecule has 0 spiro atoms. The molecule has 1 saturated carbocycles. The van der Waals surface area contributed by atoms with Gasteiger partial charge in [-0.15, -0.1) is 0 Å². The van der Waals surface area contributed by atoms with E-state index in [-0.39, 0.29) is 18.1 Å². The lowest BCUT2D eigenvalue weighted by molar-refractivity contribution is -0.123. The number of benzene rings is 1. The van der Waals surface area contributed by atoms with Crippen LogP contribution in [0.2, 0.25) is 5.02 Å². The van der Waals surface area contributed by atoms with Crippen molar-refractivity contribution in [2.75, 3.05) is 13.7 Å². The summed E-state index contributed by atoms with van der Waals surface area (Å²) in [6, 6.07) is 8.04. The number of carbonyl (C=O) groups excluding carboxylic acids is 1. The van der Waals surface area contributed by atoms with Gasteiger partial charge in [-0.2, -0.15) is 0 Å². The molecule has 1 aliphatic heterocycles. The highest BCUT2D eigenvalue weighted by molar-refractivity contribution is 6.30. The van der Waals surface area contributed by atoms with E-state index in [9.17, 15) is 4.79 Å². The van der Waals surface area contributed by atoms with Crippen molar-refractivity contribution in [2.45, 2.75) is 50.3 Å². The molecule has 1 aliphatic carbocycles. The highest BCUT2D eigenvalue weighted by Gasteiger charge is 2.38. The van der Waals surface area contributed by atoms with Gasteiger partial charge < -0.3 is 15.4 Å². The van der Waals surface area contributed by atoms with Crippen LogP contribution in [0.4, 0.5) is 0 Å². The SMILES string of the molecule is COC(CNC(=O)C1CC2CCCCC2N1)c1ccc(Cl)cc1. The Bertz CT molecular complexity index is 520. The lowest BCUT2D eigenvalue weighted by Gasteiger charge is -2.24. The maximum absolute atomic E-state index is 12.4. The van der Waals surface area contributed by atoms with E-state index in [1.54, 1.807) is 7.11 Å². The molecule has 126 valence electrons. The predicted octanol–water partition coefficient (Wildman–Crippen LogP) is 3.06. The third-order valence-corrected chi connectivity index (χ3v) is 5.42. The number of rotatable bonds is 5. The number of nitrogens with one attached hydrogen (secondary N) is 2. The van der Waals surface area contributed by atoms with E-state index in [1.165, 1.54) is 25.7 Å². The second-order valence-corrected chi connectivity index (χ2v) is 7.06. The highest BCUT2D eigenvalue weighted by Crippen LogP contribution is 2.33. The van der Waals surface area contributed by atoms with Crippen LogP contribution >= 0.6 is 11.6 Å². The quantitative estimate of drug-likeness (QED) is 0.868. The first-order valence-corrected chi connectivity index (χ1v) is 8.87. The van der Waals surface area contributed by atoms with Gasteiger partial charge in [-0.05, 0) is 42.9 Å². The summed E-state index contributed by atoms with van der Waals surface area (Å²) in [7, 11) is 1.66. The van der Waals surface area contributed by atoms with Crippen LogP contribution in [0.25, 0.3) is 0 Å². The Labute approximate surface area is 142 Å². The van der Waals surface area contributed by atoms with Gasteiger partial charge in [0.15, 0.2) is 0 Å². The maximum atomic E-state index is 12.4. The first-order chi connectivity index (χ1) is 11.2. The van der Waals surface area contributed by atoms with Gasteiger partial charge in [-0.1, -0.05) is 36.6 Å². The normalized spacial score (nSPS) is 28.2. The summed E-state index contributed by atoms with van der Waals surface area (Å²) in [6.07, 6.45) is 5.87. The molecular weight excluding hydrogens is 312 g/mol. The minimum absolute atomic E-state index is 0.0502. The Balaban J connectivity index is 1.52. The zero-order chi connectivity index (χ0) is 16.2. The summed E-state index contributed by atoms with van der Waals surface area (Å²) < 4.78 is 5.51. The molecule has 1 amide bonds. The van der Waals surface area contributed by atoms with Crippen molar-refractivity contribution in [3.63, 3.8) is 0 Å². The topological polar surface area (TPSA) is 50.4 Å². The van der Waals surface area contributed by atoms with Gasteiger partial charge in [0.1, 0.15) is 0 Å². The Morgan fingerprint density at radius 2 is 2.09 bits per heavy atom. The van der Waals surface area contributed by atoms with Crippen molar-refractivity contribution in [1.29, 1.82) is 0 Å². The molecule has 4 atom stereocenters. The second-order valence-electron chi connectivity index (χ2n) is 6.63. The molecule has 2 fully saturated rings. The fourth-order valence-corrected chi connectivity index (χ4v) is 3.98. The molecule has 1 aromatic carbocycles.